The van der Waals surface area contributed by atoms with Crippen LogP contribution in [0.5, 0.6) is 5.75 Å². The maximum atomic E-state index is 5.68. The Bertz CT molecular complexity index is 889. The molecule has 1 aromatic carbocycles. The highest BCUT2D eigenvalue weighted by Crippen LogP contribution is 2.34. The molecular formula is C19H24N6O. The van der Waals surface area contributed by atoms with E-state index in [4.69, 9.17) is 15.5 Å². The van der Waals surface area contributed by atoms with Gasteiger partial charge in [-0.05, 0) is 50.6 Å². The number of benzene rings is 1. The van der Waals surface area contributed by atoms with Gasteiger partial charge in [-0.2, -0.15) is 9.61 Å². The second kappa shape index (κ2) is 7.21. The highest BCUT2D eigenvalue weighted by molar-refractivity contribution is 5.72. The molecule has 0 aliphatic carbocycles. The third-order valence-electron chi connectivity index (χ3n) is 4.60. The van der Waals surface area contributed by atoms with Crippen LogP contribution in [-0.2, 0) is 6.42 Å². The van der Waals surface area contributed by atoms with Crippen LogP contribution in [0.2, 0.25) is 0 Å². The van der Waals surface area contributed by atoms with Gasteiger partial charge in [0.2, 0.25) is 0 Å². The fraction of sp³-hybridized carbons (Fsp3) is 0.368. The summed E-state index contributed by atoms with van der Waals surface area (Å²) in [4.78, 5) is 7.13. The molecule has 136 valence electrons. The Morgan fingerprint density at radius 2 is 2.08 bits per heavy atom. The molecule has 1 aliphatic heterocycles. The molecule has 3 aromatic rings. The van der Waals surface area contributed by atoms with Crippen LogP contribution < -0.4 is 20.7 Å². The summed E-state index contributed by atoms with van der Waals surface area (Å²) in [7, 11) is 0. The van der Waals surface area contributed by atoms with Crippen LogP contribution in [0, 0.1) is 0 Å². The van der Waals surface area contributed by atoms with Gasteiger partial charge in [0.1, 0.15) is 17.4 Å². The van der Waals surface area contributed by atoms with Crippen LogP contribution >= 0.6 is 0 Å². The van der Waals surface area contributed by atoms with Crippen LogP contribution in [0.15, 0.2) is 36.5 Å². The molecule has 1 aliphatic rings. The minimum absolute atomic E-state index is 0.664. The first-order chi connectivity index (χ1) is 12.8. The third-order valence-corrected chi connectivity index (χ3v) is 4.60. The Morgan fingerprint density at radius 1 is 1.23 bits per heavy atom. The first kappa shape index (κ1) is 16.7. The average molecular weight is 352 g/mol. The number of ether oxygens (including phenoxy) is 1. The lowest BCUT2D eigenvalue weighted by Gasteiger charge is -2.19. The van der Waals surface area contributed by atoms with Gasteiger partial charge in [-0.1, -0.05) is 0 Å². The molecule has 0 saturated carbocycles. The molecule has 0 amide bonds. The zero-order valence-corrected chi connectivity index (χ0v) is 15.0. The molecule has 3 N–H and O–H groups in total. The second-order valence-corrected chi connectivity index (χ2v) is 6.33. The highest BCUT2D eigenvalue weighted by Gasteiger charge is 2.26. The summed E-state index contributed by atoms with van der Waals surface area (Å²) in [5, 5.41) is 7.99. The van der Waals surface area contributed by atoms with Crippen LogP contribution in [0.3, 0.4) is 0 Å². The normalized spacial score (nSPS) is 13.2. The lowest BCUT2D eigenvalue weighted by molar-refractivity contribution is 0.340. The molecule has 2 aromatic heterocycles. The van der Waals surface area contributed by atoms with Gasteiger partial charge in [-0.25, -0.2) is 4.98 Å². The molecule has 0 bridgehead atoms. The molecule has 3 heterocycles. The average Bonchev–Trinajstić information content (AvgIpc) is 3.28. The van der Waals surface area contributed by atoms with E-state index in [1.54, 1.807) is 6.20 Å². The predicted octanol–water partition coefficient (Wildman–Crippen LogP) is 2.58. The van der Waals surface area contributed by atoms with Crippen molar-refractivity contribution in [1.29, 1.82) is 0 Å². The quantitative estimate of drug-likeness (QED) is 0.680. The molecule has 0 spiro atoms. The lowest BCUT2D eigenvalue weighted by atomic mass is 10.2. The van der Waals surface area contributed by atoms with Crippen molar-refractivity contribution < 1.29 is 4.74 Å². The van der Waals surface area contributed by atoms with Crippen LogP contribution in [-0.4, -0.2) is 40.8 Å². The van der Waals surface area contributed by atoms with Crippen molar-refractivity contribution in [3.63, 3.8) is 0 Å². The van der Waals surface area contributed by atoms with Gasteiger partial charge in [0.05, 0.1) is 12.8 Å². The number of nitrogens with zero attached hydrogens (tertiary/aromatic N) is 4. The van der Waals surface area contributed by atoms with Gasteiger partial charge in [0.15, 0.2) is 5.65 Å². The summed E-state index contributed by atoms with van der Waals surface area (Å²) in [6.07, 6.45) is 3.69. The summed E-state index contributed by atoms with van der Waals surface area (Å²) in [5.41, 5.74) is 8.73. The van der Waals surface area contributed by atoms with Crippen molar-refractivity contribution in [2.24, 2.45) is 5.73 Å². The van der Waals surface area contributed by atoms with Crippen LogP contribution in [0.4, 0.5) is 17.3 Å². The van der Waals surface area contributed by atoms with Gasteiger partial charge in [-0.3, -0.25) is 0 Å². The van der Waals surface area contributed by atoms with Gasteiger partial charge in [-0.15, -0.1) is 0 Å². The molecule has 4 rings (SSSR count). The monoisotopic (exact) mass is 352 g/mol. The number of hydrogen-bond donors (Lipinski definition) is 2. The molecule has 0 radical (unpaired) electrons. The van der Waals surface area contributed by atoms with Crippen molar-refractivity contribution in [3.05, 3.63) is 42.1 Å². The maximum Gasteiger partial charge on any atom is 0.159 e. The number of aromatic nitrogens is 3. The second-order valence-electron chi connectivity index (χ2n) is 6.33. The summed E-state index contributed by atoms with van der Waals surface area (Å²) >= 11 is 0. The summed E-state index contributed by atoms with van der Waals surface area (Å²) in [5.74, 6) is 2.89. The van der Waals surface area contributed by atoms with E-state index in [1.807, 2.05) is 41.8 Å². The van der Waals surface area contributed by atoms with Crippen LogP contribution in [0.25, 0.3) is 5.65 Å². The Labute approximate surface area is 152 Å². The highest BCUT2D eigenvalue weighted by atomic mass is 16.5. The van der Waals surface area contributed by atoms with Gasteiger partial charge in [0.25, 0.3) is 0 Å². The number of anilines is 3. The van der Waals surface area contributed by atoms with Crippen LogP contribution in [0.1, 0.15) is 18.9 Å². The summed E-state index contributed by atoms with van der Waals surface area (Å²) < 4.78 is 7.40. The predicted molar refractivity (Wildman–Crippen MR) is 103 cm³/mol. The van der Waals surface area contributed by atoms with Crippen molar-refractivity contribution in [1.82, 2.24) is 14.6 Å². The Morgan fingerprint density at radius 3 is 2.85 bits per heavy atom. The molecule has 0 atom stereocenters. The molecule has 0 fully saturated rings. The number of fused-ring (bicyclic) bond motifs is 2. The maximum absolute atomic E-state index is 5.68. The molecule has 26 heavy (non-hydrogen) atoms. The van der Waals surface area contributed by atoms with E-state index in [2.05, 4.69) is 15.3 Å². The molecular weight excluding hydrogens is 328 g/mol. The Hall–Kier alpha value is -2.80. The number of nitrogens with two attached hydrogens (primary N) is 1. The van der Waals surface area contributed by atoms with E-state index >= 15 is 0 Å². The van der Waals surface area contributed by atoms with E-state index in [-0.39, 0.29) is 0 Å². The SMILES string of the molecule is CCOc1ccc(Nc2c3c(nc4ccnn24)N(CCCN)CC3)cc1. The van der Waals surface area contributed by atoms with Crippen molar-refractivity contribution >= 4 is 23.0 Å². The minimum Gasteiger partial charge on any atom is -0.494 e. The summed E-state index contributed by atoms with van der Waals surface area (Å²) in [6.45, 7) is 5.24. The van der Waals surface area contributed by atoms with Gasteiger partial charge >= 0.3 is 0 Å². The fourth-order valence-electron chi connectivity index (χ4n) is 3.37. The molecule has 0 unspecified atom stereocenters. The van der Waals surface area contributed by atoms with Crippen molar-refractivity contribution in [2.75, 3.05) is 36.5 Å². The lowest BCUT2D eigenvalue weighted by Crippen LogP contribution is -2.24. The Balaban J connectivity index is 1.69. The van der Waals surface area contributed by atoms with E-state index in [9.17, 15) is 0 Å². The smallest absolute Gasteiger partial charge is 0.159 e. The fourth-order valence-corrected chi connectivity index (χ4v) is 3.37. The van der Waals surface area contributed by atoms with E-state index in [0.717, 1.165) is 54.7 Å². The molecule has 7 nitrogen and oxygen atoms in total. The van der Waals surface area contributed by atoms with E-state index < -0.39 is 0 Å². The first-order valence-corrected chi connectivity index (χ1v) is 9.11. The zero-order chi connectivity index (χ0) is 17.9. The molecule has 0 saturated heterocycles. The van der Waals surface area contributed by atoms with E-state index in [0.29, 0.717) is 13.2 Å². The topological polar surface area (TPSA) is 80.7 Å². The van der Waals surface area contributed by atoms with Crippen molar-refractivity contribution in [3.8, 4) is 5.75 Å². The van der Waals surface area contributed by atoms with Gasteiger partial charge in [0, 0.05) is 30.4 Å². The standard InChI is InChI=1S/C19H24N6O/c1-2-26-15-6-4-14(5-7-15)22-19-16-9-13-24(12-3-10-20)18(16)23-17-8-11-21-25(17)19/h4-8,11,22H,2-3,9-10,12-13,20H2,1H3. The summed E-state index contributed by atoms with van der Waals surface area (Å²) in [6, 6.07) is 9.92. The largest absolute Gasteiger partial charge is 0.494 e. The zero-order valence-electron chi connectivity index (χ0n) is 15.0. The van der Waals surface area contributed by atoms with Crippen molar-refractivity contribution in [2.45, 2.75) is 19.8 Å². The van der Waals surface area contributed by atoms with Gasteiger partial charge < -0.3 is 20.7 Å². The number of nitrogens with one attached hydrogen (secondary N) is 1. The number of hydrogen-bond acceptors (Lipinski definition) is 6. The first-order valence-electron chi connectivity index (χ1n) is 9.11. The molecule has 7 heteroatoms. The minimum atomic E-state index is 0.664. The third kappa shape index (κ3) is 3.06. The Kier molecular flexibility index (Phi) is 4.62. The van der Waals surface area contributed by atoms with E-state index in [1.165, 1.54) is 5.56 Å². The number of rotatable bonds is 7.